The summed E-state index contributed by atoms with van der Waals surface area (Å²) in [5.41, 5.74) is 1.03. The maximum atomic E-state index is 13.3. The number of hydrogen-bond donors (Lipinski definition) is 3. The Morgan fingerprint density at radius 3 is 2.77 bits per heavy atom. The lowest BCUT2D eigenvalue weighted by atomic mass is 10.1. The maximum Gasteiger partial charge on any atom is 0.260 e. The molecule has 1 atom stereocenters. The fraction of sp³-hybridized carbons (Fsp3) is 0.190. The van der Waals surface area contributed by atoms with E-state index in [0.717, 1.165) is 6.07 Å². The van der Waals surface area contributed by atoms with Crippen molar-refractivity contribution in [1.82, 2.24) is 30.3 Å². The Kier molecular flexibility index (Phi) is 5.69. The van der Waals surface area contributed by atoms with Crippen LogP contribution in [0.3, 0.4) is 0 Å². The monoisotopic (exact) mass is 421 g/mol. The number of rotatable bonds is 7. The van der Waals surface area contributed by atoms with Crippen molar-refractivity contribution in [3.63, 3.8) is 0 Å². The third kappa shape index (κ3) is 4.58. The van der Waals surface area contributed by atoms with E-state index in [1.807, 2.05) is 13.0 Å². The first kappa shape index (κ1) is 20.2. The number of H-pyrrole nitrogens is 1. The van der Waals surface area contributed by atoms with Crippen LogP contribution in [0.4, 0.5) is 10.3 Å². The van der Waals surface area contributed by atoms with E-state index in [0.29, 0.717) is 29.7 Å². The summed E-state index contributed by atoms with van der Waals surface area (Å²) in [6, 6.07) is 10.8. The molecule has 9 nitrogen and oxygen atoms in total. The fourth-order valence-corrected chi connectivity index (χ4v) is 3.16. The molecule has 4 rings (SSSR count). The number of amides is 1. The van der Waals surface area contributed by atoms with E-state index >= 15 is 0 Å². The highest BCUT2D eigenvalue weighted by atomic mass is 19.1. The SMILES string of the molecule is CC(CCNc1nc2ccc(F)cc2c(=O)[nH]1)NC(=O)c1ccccc1-n1nccn1. The summed E-state index contributed by atoms with van der Waals surface area (Å²) in [6.45, 7) is 2.34. The number of para-hydroxylation sites is 1. The lowest BCUT2D eigenvalue weighted by Gasteiger charge is -2.16. The van der Waals surface area contributed by atoms with Gasteiger partial charge in [0.25, 0.3) is 11.5 Å². The van der Waals surface area contributed by atoms with Gasteiger partial charge in [0, 0.05) is 12.6 Å². The van der Waals surface area contributed by atoms with Gasteiger partial charge in [0.2, 0.25) is 5.95 Å². The molecular weight excluding hydrogens is 401 g/mol. The van der Waals surface area contributed by atoms with Gasteiger partial charge in [-0.1, -0.05) is 12.1 Å². The summed E-state index contributed by atoms with van der Waals surface area (Å²) in [5, 5.41) is 14.3. The van der Waals surface area contributed by atoms with Gasteiger partial charge in [0.1, 0.15) is 5.82 Å². The minimum absolute atomic E-state index is 0.153. The van der Waals surface area contributed by atoms with E-state index in [4.69, 9.17) is 0 Å². The van der Waals surface area contributed by atoms with Crippen molar-refractivity contribution in [2.24, 2.45) is 0 Å². The quantitative estimate of drug-likeness (QED) is 0.421. The number of anilines is 1. The van der Waals surface area contributed by atoms with E-state index in [-0.39, 0.29) is 23.3 Å². The van der Waals surface area contributed by atoms with E-state index in [9.17, 15) is 14.0 Å². The van der Waals surface area contributed by atoms with Gasteiger partial charge < -0.3 is 10.6 Å². The molecule has 4 aromatic rings. The van der Waals surface area contributed by atoms with Gasteiger partial charge in [-0.2, -0.15) is 15.0 Å². The number of nitrogens with zero attached hydrogens (tertiary/aromatic N) is 4. The number of carbonyl (C=O) groups is 1. The van der Waals surface area contributed by atoms with Crippen molar-refractivity contribution in [3.8, 4) is 5.69 Å². The number of aromatic amines is 1. The van der Waals surface area contributed by atoms with Crippen molar-refractivity contribution in [2.45, 2.75) is 19.4 Å². The molecule has 1 amide bonds. The standard InChI is InChI=1S/C21H20FN7O2/c1-13(26-19(30)15-4-2-3-5-18(15)29-24-10-11-25-29)8-9-23-21-27-17-7-6-14(22)12-16(17)20(31)28-21/h2-7,10-13H,8-9H2,1H3,(H,26,30)(H2,23,27,28,31). The molecule has 158 valence electrons. The van der Waals surface area contributed by atoms with Gasteiger partial charge in [-0.25, -0.2) is 9.37 Å². The summed E-state index contributed by atoms with van der Waals surface area (Å²) < 4.78 is 13.3. The van der Waals surface area contributed by atoms with Crippen LogP contribution in [0.5, 0.6) is 0 Å². The van der Waals surface area contributed by atoms with Gasteiger partial charge in [-0.05, 0) is 43.7 Å². The molecule has 0 aliphatic carbocycles. The van der Waals surface area contributed by atoms with E-state index in [1.165, 1.54) is 16.9 Å². The maximum absolute atomic E-state index is 13.3. The summed E-state index contributed by atoms with van der Waals surface area (Å²) >= 11 is 0. The Morgan fingerprint density at radius 2 is 1.97 bits per heavy atom. The Labute approximate surface area is 176 Å². The molecule has 2 aromatic heterocycles. The predicted octanol–water partition coefficient (Wildman–Crippen LogP) is 2.26. The molecule has 0 aliphatic heterocycles. The summed E-state index contributed by atoms with van der Waals surface area (Å²) in [6.07, 6.45) is 3.67. The number of aromatic nitrogens is 5. The number of halogens is 1. The van der Waals surface area contributed by atoms with Gasteiger partial charge in [-0.3, -0.25) is 14.6 Å². The molecule has 0 saturated carbocycles. The summed E-state index contributed by atoms with van der Waals surface area (Å²) in [4.78, 5) is 33.1. The Bertz CT molecular complexity index is 1270. The fourth-order valence-electron chi connectivity index (χ4n) is 3.16. The molecule has 2 heterocycles. The second kappa shape index (κ2) is 8.74. The van der Waals surface area contributed by atoms with Gasteiger partial charge >= 0.3 is 0 Å². The van der Waals surface area contributed by atoms with Crippen molar-refractivity contribution >= 4 is 22.8 Å². The van der Waals surface area contributed by atoms with Crippen LogP contribution in [-0.4, -0.2) is 43.5 Å². The Balaban J connectivity index is 1.37. The van der Waals surface area contributed by atoms with Crippen LogP contribution in [0.2, 0.25) is 0 Å². The molecule has 31 heavy (non-hydrogen) atoms. The van der Waals surface area contributed by atoms with E-state index in [1.54, 1.807) is 30.6 Å². The van der Waals surface area contributed by atoms with Crippen LogP contribution < -0.4 is 16.2 Å². The van der Waals surface area contributed by atoms with Crippen molar-refractivity contribution in [2.75, 3.05) is 11.9 Å². The summed E-state index contributed by atoms with van der Waals surface area (Å²) in [5.74, 6) is -0.438. The van der Waals surface area contributed by atoms with Gasteiger partial charge in [-0.15, -0.1) is 0 Å². The highest BCUT2D eigenvalue weighted by molar-refractivity contribution is 5.97. The molecule has 0 bridgehead atoms. The van der Waals surface area contributed by atoms with Crippen LogP contribution >= 0.6 is 0 Å². The second-order valence-electron chi connectivity index (χ2n) is 7.00. The van der Waals surface area contributed by atoms with Crippen LogP contribution in [0.25, 0.3) is 16.6 Å². The molecule has 0 spiro atoms. The first-order valence-electron chi connectivity index (χ1n) is 9.71. The smallest absolute Gasteiger partial charge is 0.260 e. The molecule has 3 N–H and O–H groups in total. The van der Waals surface area contributed by atoms with E-state index < -0.39 is 11.4 Å². The molecule has 0 fully saturated rings. The van der Waals surface area contributed by atoms with Crippen LogP contribution in [0.15, 0.2) is 59.7 Å². The molecule has 0 aliphatic rings. The topological polar surface area (TPSA) is 118 Å². The predicted molar refractivity (Wildman–Crippen MR) is 114 cm³/mol. The lowest BCUT2D eigenvalue weighted by molar-refractivity contribution is 0.0938. The number of nitrogens with one attached hydrogen (secondary N) is 3. The number of hydrogen-bond acceptors (Lipinski definition) is 6. The normalized spacial score (nSPS) is 11.9. The highest BCUT2D eigenvalue weighted by Gasteiger charge is 2.15. The average Bonchev–Trinajstić information content (AvgIpc) is 3.29. The van der Waals surface area contributed by atoms with Crippen LogP contribution in [0.1, 0.15) is 23.7 Å². The minimum Gasteiger partial charge on any atom is -0.356 e. The molecule has 2 aromatic carbocycles. The first-order chi connectivity index (χ1) is 15.0. The first-order valence-corrected chi connectivity index (χ1v) is 9.71. The largest absolute Gasteiger partial charge is 0.356 e. The number of benzene rings is 2. The zero-order valence-electron chi connectivity index (χ0n) is 16.7. The second-order valence-corrected chi connectivity index (χ2v) is 7.00. The van der Waals surface area contributed by atoms with Crippen molar-refractivity contribution < 1.29 is 9.18 Å². The Morgan fingerprint density at radius 1 is 1.19 bits per heavy atom. The lowest BCUT2D eigenvalue weighted by Crippen LogP contribution is -2.34. The molecule has 1 unspecified atom stereocenters. The third-order valence-corrected chi connectivity index (χ3v) is 4.70. The molecule has 10 heteroatoms. The van der Waals surface area contributed by atoms with Crippen LogP contribution in [0, 0.1) is 5.82 Å². The molecule has 0 radical (unpaired) electrons. The minimum atomic E-state index is -0.491. The van der Waals surface area contributed by atoms with Crippen LogP contribution in [-0.2, 0) is 0 Å². The van der Waals surface area contributed by atoms with E-state index in [2.05, 4.69) is 30.8 Å². The van der Waals surface area contributed by atoms with Gasteiger partial charge in [0.15, 0.2) is 0 Å². The molecular formula is C21H20FN7O2. The zero-order valence-corrected chi connectivity index (χ0v) is 16.7. The highest BCUT2D eigenvalue weighted by Crippen LogP contribution is 2.13. The van der Waals surface area contributed by atoms with Crippen molar-refractivity contribution in [3.05, 3.63) is 76.6 Å². The average molecular weight is 421 g/mol. The zero-order chi connectivity index (χ0) is 21.8. The number of carbonyl (C=O) groups excluding carboxylic acids is 1. The number of fused-ring (bicyclic) bond motifs is 1. The Hall–Kier alpha value is -4.08. The van der Waals surface area contributed by atoms with Crippen molar-refractivity contribution in [1.29, 1.82) is 0 Å². The van der Waals surface area contributed by atoms with Gasteiger partial charge in [0.05, 0.1) is 34.5 Å². The third-order valence-electron chi connectivity index (χ3n) is 4.70. The summed E-state index contributed by atoms with van der Waals surface area (Å²) in [7, 11) is 0. The molecule has 0 saturated heterocycles.